The minimum atomic E-state index is -2.91. The molecular formula is C69H59BN2OSi. The Hall–Kier alpha value is -7.34. The maximum Gasteiger partial charge on any atom is 0.333 e. The van der Waals surface area contributed by atoms with Gasteiger partial charge in [-0.05, 0) is 143 Å². The quantitative estimate of drug-likeness (QED) is 0.153. The molecule has 2 aliphatic carbocycles. The number of fused-ring (bicyclic) bond motifs is 20. The third-order valence-corrected chi connectivity index (χ3v) is 24.6. The van der Waals surface area contributed by atoms with Crippen LogP contribution in [0, 0.1) is 6.92 Å². The second-order valence-electron chi connectivity index (χ2n) is 25.0. The maximum atomic E-state index is 7.35. The van der Waals surface area contributed by atoms with Crippen molar-refractivity contribution in [3.8, 4) is 22.3 Å². The Morgan fingerprint density at radius 2 is 1.01 bits per heavy atom. The maximum absolute atomic E-state index is 7.35. The molecule has 3 nitrogen and oxygen atoms in total. The fourth-order valence-electron chi connectivity index (χ4n) is 15.9. The number of nitrogens with zero attached hydrogens (tertiary/aromatic N) is 2. The van der Waals surface area contributed by atoms with Crippen molar-refractivity contribution < 1.29 is 4.42 Å². The van der Waals surface area contributed by atoms with Gasteiger partial charge in [0.15, 0.2) is 8.07 Å². The van der Waals surface area contributed by atoms with Crippen LogP contribution in [0.5, 0.6) is 0 Å². The molecule has 0 saturated carbocycles. The van der Waals surface area contributed by atoms with Crippen LogP contribution in [0.25, 0.3) is 44.2 Å². The number of hydrogen-bond acceptors (Lipinski definition) is 3. The summed E-state index contributed by atoms with van der Waals surface area (Å²) in [5.74, 6) is 0. The largest absolute Gasteiger partial charge is 0.455 e. The van der Waals surface area contributed by atoms with Gasteiger partial charge in [-0.15, -0.1) is 0 Å². The molecule has 0 unspecified atom stereocenters. The molecule has 0 N–H and O–H groups in total. The second kappa shape index (κ2) is 13.9. The Morgan fingerprint density at radius 3 is 1.72 bits per heavy atom. The van der Waals surface area contributed by atoms with Gasteiger partial charge in [0.25, 0.3) is 0 Å². The predicted molar refractivity (Wildman–Crippen MR) is 314 cm³/mol. The summed E-state index contributed by atoms with van der Waals surface area (Å²) in [6, 6.07) is 66.7. The van der Waals surface area contributed by atoms with Crippen molar-refractivity contribution in [2.75, 3.05) is 9.71 Å². The van der Waals surface area contributed by atoms with E-state index < -0.39 is 8.07 Å². The van der Waals surface area contributed by atoms with E-state index in [0.29, 0.717) is 0 Å². The lowest BCUT2D eigenvalue weighted by atomic mass is 9.42. The first-order valence-electron chi connectivity index (χ1n) is 27.1. The summed E-state index contributed by atoms with van der Waals surface area (Å²) in [5.41, 5.74) is 25.7. The molecule has 1 spiro atoms. The van der Waals surface area contributed by atoms with E-state index in [4.69, 9.17) is 4.42 Å². The fourth-order valence-corrected chi connectivity index (χ4v) is 21.5. The fraction of sp³-hybridized carbons (Fsp3) is 0.217. The van der Waals surface area contributed by atoms with E-state index >= 15 is 0 Å². The molecule has 16 rings (SSSR count). The zero-order valence-electron chi connectivity index (χ0n) is 44.0. The van der Waals surface area contributed by atoms with Crippen LogP contribution in [0.3, 0.4) is 0 Å². The van der Waals surface area contributed by atoms with Gasteiger partial charge in [0.05, 0.1) is 0 Å². The lowest BCUT2D eigenvalue weighted by Gasteiger charge is -2.52. The molecule has 9 aromatic carbocycles. The van der Waals surface area contributed by atoms with Gasteiger partial charge in [-0.2, -0.15) is 0 Å². The van der Waals surface area contributed by atoms with Crippen molar-refractivity contribution in [2.45, 2.75) is 96.8 Å². The third-order valence-electron chi connectivity index (χ3n) is 19.7. The van der Waals surface area contributed by atoms with E-state index in [1.807, 2.05) is 0 Å². The summed E-state index contributed by atoms with van der Waals surface area (Å²) in [4.78, 5) is 5.55. The summed E-state index contributed by atoms with van der Waals surface area (Å²) in [5, 5.41) is 8.20. The number of hydrogen-bond donors (Lipinski definition) is 0. The van der Waals surface area contributed by atoms with Crippen molar-refractivity contribution in [1.29, 1.82) is 0 Å². The lowest BCUT2D eigenvalue weighted by molar-refractivity contribution is 0.332. The van der Waals surface area contributed by atoms with Crippen molar-refractivity contribution >= 4 is 97.0 Å². The van der Waals surface area contributed by atoms with Gasteiger partial charge in [-0.1, -0.05) is 195 Å². The lowest BCUT2D eigenvalue weighted by Crippen LogP contribution is -2.78. The van der Waals surface area contributed by atoms with Crippen LogP contribution in [0.2, 0.25) is 0 Å². The Kier molecular flexibility index (Phi) is 8.08. The molecule has 10 aromatic rings. The molecule has 0 bridgehead atoms. The number of rotatable bonds is 1. The molecule has 0 saturated heterocycles. The zero-order valence-corrected chi connectivity index (χ0v) is 45.0. The minimum Gasteiger partial charge on any atom is -0.455 e. The molecule has 4 aliphatic heterocycles. The molecule has 0 atom stereocenters. The third kappa shape index (κ3) is 5.01. The Morgan fingerprint density at radius 1 is 0.459 bits per heavy atom. The topological polar surface area (TPSA) is 19.6 Å². The van der Waals surface area contributed by atoms with Gasteiger partial charge in [0.2, 0.25) is 0 Å². The van der Waals surface area contributed by atoms with E-state index in [0.717, 1.165) is 28.4 Å². The predicted octanol–water partition coefficient (Wildman–Crippen LogP) is 13.6. The van der Waals surface area contributed by atoms with Gasteiger partial charge < -0.3 is 14.1 Å². The van der Waals surface area contributed by atoms with Crippen LogP contribution in [-0.2, 0) is 21.7 Å². The SMILES string of the molecule is Cc1cc2c(cc1N1c3cc4c(cc3B3c5c1cc1c(oc6ccccc61)c5-c1cccc5c1N3c1ccccc1[Si]51c3ccccc3-c3ccccc31)C(C)(C)c1ccccc1C4(C)C)C(C)(C)CCC2(C)C. The molecule has 5 heteroatoms. The first-order valence-corrected chi connectivity index (χ1v) is 29.1. The van der Waals surface area contributed by atoms with Gasteiger partial charge >= 0.3 is 6.85 Å². The minimum absolute atomic E-state index is 0.0222. The highest BCUT2D eigenvalue weighted by Gasteiger charge is 2.59. The molecule has 0 fully saturated rings. The number of anilines is 5. The number of aryl methyl sites for hydroxylation is 1. The van der Waals surface area contributed by atoms with Crippen LogP contribution in [0.4, 0.5) is 28.4 Å². The number of benzene rings is 9. The van der Waals surface area contributed by atoms with Crippen molar-refractivity contribution in [1.82, 2.24) is 0 Å². The molecule has 6 aliphatic rings. The van der Waals surface area contributed by atoms with E-state index in [2.05, 4.69) is 242 Å². The van der Waals surface area contributed by atoms with Crippen molar-refractivity contribution in [3.05, 3.63) is 209 Å². The van der Waals surface area contributed by atoms with E-state index in [9.17, 15) is 0 Å². The van der Waals surface area contributed by atoms with Crippen molar-refractivity contribution in [3.63, 3.8) is 0 Å². The second-order valence-corrected chi connectivity index (χ2v) is 28.7. The summed E-state index contributed by atoms with van der Waals surface area (Å²) < 4.78 is 7.35. The smallest absolute Gasteiger partial charge is 0.333 e. The van der Waals surface area contributed by atoms with Gasteiger partial charge in [0.1, 0.15) is 11.2 Å². The van der Waals surface area contributed by atoms with E-state index in [-0.39, 0.29) is 28.5 Å². The van der Waals surface area contributed by atoms with E-state index in [1.54, 1.807) is 0 Å². The highest BCUT2D eigenvalue weighted by atomic mass is 28.3. The normalized spacial score (nSPS) is 18.4. The molecule has 5 heterocycles. The summed E-state index contributed by atoms with van der Waals surface area (Å²) >= 11 is 0. The van der Waals surface area contributed by atoms with Crippen LogP contribution >= 0.6 is 0 Å². The monoisotopic (exact) mass is 970 g/mol. The van der Waals surface area contributed by atoms with Crippen LogP contribution < -0.4 is 41.4 Å². The molecule has 74 heavy (non-hydrogen) atoms. The highest BCUT2D eigenvalue weighted by molar-refractivity contribution is 7.24. The molecule has 0 radical (unpaired) electrons. The number of furan rings is 1. The first kappa shape index (κ1) is 43.1. The Labute approximate surface area is 436 Å². The standard InChI is InChI=1S/C69H59BN2OSi/c1-40-35-48-49(67(4,5)34-33-66(48,2)3)38-54(40)71-55-39-51-50(68(6,7)46-25-13-14-26-47(46)69(51,8)9)37-52(55)70-63-56(71)36-45-41-21-10-16-28-57(41)73-65(45)62(63)44-24-20-32-61-64(44)72(70)53-27-15-19-31-60(53)74(61)58-29-17-11-22-42(58)43-23-12-18-30-59(43)74/h10-32,35-39H,33-34H2,1-9H3. The average molecular weight is 971 g/mol. The molecular weight excluding hydrogens is 912 g/mol. The Bertz CT molecular complexity index is 4160. The summed E-state index contributed by atoms with van der Waals surface area (Å²) in [6.45, 7) is 21.9. The molecule has 358 valence electrons. The Balaban J connectivity index is 1.10. The van der Waals surface area contributed by atoms with Gasteiger partial charge in [-0.25, -0.2) is 0 Å². The van der Waals surface area contributed by atoms with Gasteiger partial charge in [0, 0.05) is 61.2 Å². The number of para-hydroxylation sites is 3. The highest BCUT2D eigenvalue weighted by Crippen LogP contribution is 2.57. The van der Waals surface area contributed by atoms with E-state index in [1.165, 1.54) is 128 Å². The average Bonchev–Trinajstić information content (AvgIpc) is 3.95. The van der Waals surface area contributed by atoms with Crippen LogP contribution in [0.15, 0.2) is 174 Å². The van der Waals surface area contributed by atoms with Crippen molar-refractivity contribution in [2.24, 2.45) is 0 Å². The molecule has 0 amide bonds. The summed E-state index contributed by atoms with van der Waals surface area (Å²) in [6.07, 6.45) is 2.33. The zero-order chi connectivity index (χ0) is 50.2. The summed E-state index contributed by atoms with van der Waals surface area (Å²) in [7, 11) is -2.91. The van der Waals surface area contributed by atoms with Crippen LogP contribution in [-0.4, -0.2) is 14.9 Å². The first-order chi connectivity index (χ1) is 35.6. The van der Waals surface area contributed by atoms with Gasteiger partial charge in [-0.3, -0.25) is 0 Å². The van der Waals surface area contributed by atoms with Crippen LogP contribution in [0.1, 0.15) is 107 Å². The molecule has 1 aromatic heterocycles.